The summed E-state index contributed by atoms with van der Waals surface area (Å²) in [4.78, 5) is 2.36. The van der Waals surface area contributed by atoms with Gasteiger partial charge >= 0.3 is 0 Å². The number of rotatable bonds is 8. The first kappa shape index (κ1) is 33.2. The van der Waals surface area contributed by atoms with Gasteiger partial charge in [0.25, 0.3) is 0 Å². The number of fused-ring (bicyclic) bond motifs is 3. The third-order valence-corrected chi connectivity index (χ3v) is 10.8. The van der Waals surface area contributed by atoms with Crippen LogP contribution in [0.25, 0.3) is 72.0 Å². The van der Waals surface area contributed by atoms with Crippen LogP contribution in [-0.2, 0) is 0 Å². The molecular weight excluding hydrogens is 677 g/mol. The van der Waals surface area contributed by atoms with E-state index in [0.29, 0.717) is 0 Å². The molecule has 56 heavy (non-hydrogen) atoms. The molecule has 0 atom stereocenters. The molecular formula is C54H38N2. The first-order valence-corrected chi connectivity index (χ1v) is 19.2. The zero-order valence-corrected chi connectivity index (χ0v) is 30.8. The monoisotopic (exact) mass is 714 g/mol. The maximum atomic E-state index is 2.39. The van der Waals surface area contributed by atoms with Crippen LogP contribution in [0.5, 0.6) is 0 Å². The molecule has 9 aromatic carbocycles. The fourth-order valence-electron chi connectivity index (χ4n) is 8.13. The molecule has 264 valence electrons. The van der Waals surface area contributed by atoms with Crippen molar-refractivity contribution < 1.29 is 0 Å². The van der Waals surface area contributed by atoms with E-state index in [0.717, 1.165) is 22.7 Å². The topological polar surface area (TPSA) is 8.17 Å². The van der Waals surface area contributed by atoms with Crippen molar-refractivity contribution >= 4 is 38.9 Å². The Bertz CT molecular complexity index is 2890. The third kappa shape index (κ3) is 6.14. The molecule has 1 heterocycles. The van der Waals surface area contributed by atoms with Gasteiger partial charge in [0.05, 0.1) is 11.0 Å². The fourth-order valence-corrected chi connectivity index (χ4v) is 8.13. The summed E-state index contributed by atoms with van der Waals surface area (Å²) >= 11 is 0. The molecule has 0 saturated heterocycles. The second kappa shape index (κ2) is 14.4. The number of anilines is 3. The van der Waals surface area contributed by atoms with Crippen molar-refractivity contribution in [3.05, 3.63) is 231 Å². The standard InChI is InChI=1S/C54H38N2/c1-4-16-39(17-5-1)42-20-14-21-43(36-42)40-30-32-46(33-31-40)55(45-23-8-3-9-24-45)48-34-35-49(52(38-48)41-18-6-2-7-19-41)44-22-15-25-47(37-44)56-53-28-12-10-26-50(53)51-27-11-13-29-54(51)56/h1-38H. The lowest BCUT2D eigenvalue weighted by Crippen LogP contribution is -2.10. The van der Waals surface area contributed by atoms with Gasteiger partial charge in [-0.3, -0.25) is 0 Å². The Labute approximate surface area is 327 Å². The van der Waals surface area contributed by atoms with Crippen molar-refractivity contribution in [3.63, 3.8) is 0 Å². The van der Waals surface area contributed by atoms with E-state index in [4.69, 9.17) is 0 Å². The lowest BCUT2D eigenvalue weighted by atomic mass is 9.93. The number of hydrogen-bond acceptors (Lipinski definition) is 1. The number of benzene rings is 9. The summed E-state index contributed by atoms with van der Waals surface area (Å²) in [5.41, 5.74) is 16.4. The average molecular weight is 715 g/mol. The van der Waals surface area contributed by atoms with E-state index >= 15 is 0 Å². The number of para-hydroxylation sites is 3. The lowest BCUT2D eigenvalue weighted by Gasteiger charge is -2.27. The van der Waals surface area contributed by atoms with Crippen molar-refractivity contribution in [1.82, 2.24) is 4.57 Å². The van der Waals surface area contributed by atoms with Gasteiger partial charge in [-0.25, -0.2) is 0 Å². The van der Waals surface area contributed by atoms with Crippen LogP contribution in [0.2, 0.25) is 0 Å². The Morgan fingerprint density at radius 1 is 0.268 bits per heavy atom. The van der Waals surface area contributed by atoms with Gasteiger partial charge in [0.1, 0.15) is 0 Å². The van der Waals surface area contributed by atoms with Crippen LogP contribution in [0.15, 0.2) is 231 Å². The van der Waals surface area contributed by atoms with Crippen molar-refractivity contribution in [2.75, 3.05) is 4.90 Å². The zero-order chi connectivity index (χ0) is 37.3. The van der Waals surface area contributed by atoms with Crippen LogP contribution in [-0.4, -0.2) is 4.57 Å². The van der Waals surface area contributed by atoms with Gasteiger partial charge in [-0.2, -0.15) is 0 Å². The molecule has 2 heteroatoms. The molecule has 0 saturated carbocycles. The number of hydrogen-bond donors (Lipinski definition) is 0. The van der Waals surface area contributed by atoms with Gasteiger partial charge in [0.2, 0.25) is 0 Å². The molecule has 0 aliphatic heterocycles. The number of nitrogens with zero attached hydrogens (tertiary/aromatic N) is 2. The highest BCUT2D eigenvalue weighted by atomic mass is 15.1. The summed E-state index contributed by atoms with van der Waals surface area (Å²) < 4.78 is 2.39. The Hall–Kier alpha value is -7.42. The predicted molar refractivity (Wildman–Crippen MR) is 237 cm³/mol. The smallest absolute Gasteiger partial charge is 0.0541 e. The molecule has 0 fully saturated rings. The highest BCUT2D eigenvalue weighted by Crippen LogP contribution is 2.42. The first-order valence-electron chi connectivity index (χ1n) is 19.2. The Morgan fingerprint density at radius 3 is 1.41 bits per heavy atom. The average Bonchev–Trinajstić information content (AvgIpc) is 3.62. The van der Waals surface area contributed by atoms with Gasteiger partial charge in [0.15, 0.2) is 0 Å². The van der Waals surface area contributed by atoms with Gasteiger partial charge < -0.3 is 9.47 Å². The molecule has 2 nitrogen and oxygen atoms in total. The minimum Gasteiger partial charge on any atom is -0.310 e. The maximum absolute atomic E-state index is 2.39. The van der Waals surface area contributed by atoms with Gasteiger partial charge in [0, 0.05) is 33.5 Å². The van der Waals surface area contributed by atoms with E-state index in [1.807, 2.05) is 0 Å². The van der Waals surface area contributed by atoms with E-state index < -0.39 is 0 Å². The number of aromatic nitrogens is 1. The highest BCUT2D eigenvalue weighted by molar-refractivity contribution is 6.09. The minimum atomic E-state index is 1.09. The zero-order valence-electron chi connectivity index (χ0n) is 30.8. The largest absolute Gasteiger partial charge is 0.310 e. The predicted octanol–water partition coefficient (Wildman–Crippen LogP) is 14.9. The van der Waals surface area contributed by atoms with Gasteiger partial charge in [-0.1, -0.05) is 164 Å². The summed E-state index contributed by atoms with van der Waals surface area (Å²) in [5, 5.41) is 2.52. The molecule has 1 aromatic heterocycles. The Morgan fingerprint density at radius 2 is 0.750 bits per heavy atom. The van der Waals surface area contributed by atoms with Crippen LogP contribution < -0.4 is 4.90 Å². The van der Waals surface area contributed by atoms with Crippen molar-refractivity contribution in [2.24, 2.45) is 0 Å². The Kier molecular flexibility index (Phi) is 8.55. The van der Waals surface area contributed by atoms with Crippen molar-refractivity contribution in [3.8, 4) is 50.2 Å². The van der Waals surface area contributed by atoms with E-state index in [2.05, 4.69) is 240 Å². The summed E-state index contributed by atoms with van der Waals surface area (Å²) in [6.07, 6.45) is 0. The van der Waals surface area contributed by atoms with Gasteiger partial charge in [-0.15, -0.1) is 0 Å². The molecule has 0 unspecified atom stereocenters. The molecule has 0 amide bonds. The van der Waals surface area contributed by atoms with Crippen LogP contribution >= 0.6 is 0 Å². The van der Waals surface area contributed by atoms with E-state index in [-0.39, 0.29) is 0 Å². The minimum absolute atomic E-state index is 1.09. The molecule has 10 aromatic rings. The summed E-state index contributed by atoms with van der Waals surface area (Å²) in [6, 6.07) is 83.0. The van der Waals surface area contributed by atoms with E-state index in [1.165, 1.54) is 66.3 Å². The van der Waals surface area contributed by atoms with Crippen LogP contribution in [0, 0.1) is 0 Å². The van der Waals surface area contributed by atoms with Crippen LogP contribution in [0.3, 0.4) is 0 Å². The second-order valence-corrected chi connectivity index (χ2v) is 14.2. The summed E-state index contributed by atoms with van der Waals surface area (Å²) in [5.74, 6) is 0. The second-order valence-electron chi connectivity index (χ2n) is 14.2. The lowest BCUT2D eigenvalue weighted by molar-refractivity contribution is 1.18. The van der Waals surface area contributed by atoms with Crippen molar-refractivity contribution in [2.45, 2.75) is 0 Å². The molecule has 0 bridgehead atoms. The molecule has 0 N–H and O–H groups in total. The fraction of sp³-hybridized carbons (Fsp3) is 0. The molecule has 0 aliphatic carbocycles. The van der Waals surface area contributed by atoms with Gasteiger partial charge in [-0.05, 0) is 111 Å². The van der Waals surface area contributed by atoms with Crippen LogP contribution in [0.4, 0.5) is 17.1 Å². The quantitative estimate of drug-likeness (QED) is 0.152. The maximum Gasteiger partial charge on any atom is 0.0541 e. The third-order valence-electron chi connectivity index (χ3n) is 10.8. The molecule has 10 rings (SSSR count). The molecule has 0 spiro atoms. The first-order chi connectivity index (χ1) is 27.8. The normalized spacial score (nSPS) is 11.2. The van der Waals surface area contributed by atoms with Crippen LogP contribution in [0.1, 0.15) is 0 Å². The van der Waals surface area contributed by atoms with E-state index in [1.54, 1.807) is 0 Å². The summed E-state index contributed by atoms with van der Waals surface area (Å²) in [7, 11) is 0. The molecule has 0 aliphatic rings. The summed E-state index contributed by atoms with van der Waals surface area (Å²) in [6.45, 7) is 0. The van der Waals surface area contributed by atoms with Crippen molar-refractivity contribution in [1.29, 1.82) is 0 Å². The van der Waals surface area contributed by atoms with E-state index in [9.17, 15) is 0 Å². The highest BCUT2D eigenvalue weighted by Gasteiger charge is 2.18. The molecule has 0 radical (unpaired) electrons. The Balaban J connectivity index is 1.08. The SMILES string of the molecule is c1ccc(-c2cccc(-c3ccc(N(c4ccccc4)c4ccc(-c5cccc(-n6c7ccccc7c7ccccc76)c5)c(-c5ccccc5)c4)cc3)c2)cc1.